The first-order valence-electron chi connectivity index (χ1n) is 10.3. The molecule has 3 atom stereocenters. The number of anilines is 1. The lowest BCUT2D eigenvalue weighted by atomic mass is 9.53. The molecule has 0 spiro atoms. The van der Waals surface area contributed by atoms with Crippen molar-refractivity contribution in [2.75, 3.05) is 18.4 Å². The number of hydrogen-bond donors (Lipinski definition) is 2. The molecule has 1 aromatic rings. The van der Waals surface area contributed by atoms with E-state index in [-0.39, 0.29) is 18.2 Å². The third kappa shape index (κ3) is 3.10. The van der Waals surface area contributed by atoms with Crippen LogP contribution in [0.25, 0.3) is 0 Å². The molecule has 1 amide bonds. The molecule has 0 aromatic carbocycles. The van der Waals surface area contributed by atoms with Crippen LogP contribution in [-0.2, 0) is 4.74 Å². The van der Waals surface area contributed by atoms with E-state index in [0.29, 0.717) is 42.2 Å². The van der Waals surface area contributed by atoms with Crippen LogP contribution in [-0.4, -0.2) is 51.9 Å². The highest BCUT2D eigenvalue weighted by molar-refractivity contribution is 5.68. The quantitative estimate of drug-likeness (QED) is 0.833. The zero-order valence-electron chi connectivity index (χ0n) is 15.9. The second-order valence-corrected chi connectivity index (χ2v) is 9.13. The van der Waals surface area contributed by atoms with E-state index >= 15 is 0 Å². The number of nitriles is 1. The number of carbonyl (C=O) groups excluding carboxylic acids is 1. The molecular weight excluding hydrogens is 356 g/mol. The van der Waals surface area contributed by atoms with E-state index < -0.39 is 5.60 Å². The average molecular weight is 382 g/mol. The van der Waals surface area contributed by atoms with Crippen molar-refractivity contribution in [3.8, 4) is 6.07 Å². The molecule has 2 N–H and O–H groups in total. The number of hydrogen-bond acceptors (Lipinski definition) is 6. The van der Waals surface area contributed by atoms with Gasteiger partial charge in [-0.3, -0.25) is 0 Å². The number of likely N-dealkylation sites (tertiary alicyclic amines) is 1. The Balaban J connectivity index is 1.19. The first kappa shape index (κ1) is 17.7. The molecule has 1 saturated heterocycles. The van der Waals surface area contributed by atoms with Gasteiger partial charge in [-0.05, 0) is 68.4 Å². The predicted molar refractivity (Wildman–Crippen MR) is 101 cm³/mol. The van der Waals surface area contributed by atoms with Gasteiger partial charge in [0.15, 0.2) is 0 Å². The predicted octanol–water partition coefficient (Wildman–Crippen LogP) is 2.52. The normalized spacial score (nSPS) is 38.3. The van der Waals surface area contributed by atoms with Crippen molar-refractivity contribution in [1.82, 2.24) is 9.88 Å². The van der Waals surface area contributed by atoms with Gasteiger partial charge in [0, 0.05) is 25.3 Å². The van der Waals surface area contributed by atoms with E-state index in [1.54, 1.807) is 23.2 Å². The maximum atomic E-state index is 12.8. The van der Waals surface area contributed by atoms with Gasteiger partial charge in [0.05, 0.1) is 11.2 Å². The second kappa shape index (κ2) is 6.63. The Morgan fingerprint density at radius 1 is 1.36 bits per heavy atom. The molecule has 1 aliphatic heterocycles. The summed E-state index contributed by atoms with van der Waals surface area (Å²) < 4.78 is 5.98. The molecule has 2 heterocycles. The minimum Gasteiger partial charge on any atom is -0.446 e. The zero-order valence-corrected chi connectivity index (χ0v) is 15.9. The van der Waals surface area contributed by atoms with Gasteiger partial charge in [-0.25, -0.2) is 9.78 Å². The summed E-state index contributed by atoms with van der Waals surface area (Å²) in [4.78, 5) is 18.8. The van der Waals surface area contributed by atoms with Crippen LogP contribution in [0.1, 0.15) is 44.1 Å². The number of pyridine rings is 1. The molecule has 4 saturated carbocycles. The minimum absolute atomic E-state index is 0.0442. The lowest BCUT2D eigenvalue weighted by molar-refractivity contribution is -0.177. The highest BCUT2D eigenvalue weighted by Crippen LogP contribution is 2.56. The largest absolute Gasteiger partial charge is 0.446 e. The Bertz CT molecular complexity index is 806. The van der Waals surface area contributed by atoms with Crippen molar-refractivity contribution >= 4 is 11.9 Å². The fraction of sp³-hybridized carbons (Fsp3) is 0.667. The first-order chi connectivity index (χ1) is 13.5. The Hall–Kier alpha value is -2.33. The Morgan fingerprint density at radius 3 is 2.86 bits per heavy atom. The van der Waals surface area contributed by atoms with Crippen LogP contribution in [0.3, 0.4) is 0 Å². The summed E-state index contributed by atoms with van der Waals surface area (Å²) >= 11 is 0. The van der Waals surface area contributed by atoms with E-state index in [2.05, 4.69) is 16.4 Å². The smallest absolute Gasteiger partial charge is 0.410 e. The Kier molecular flexibility index (Phi) is 4.20. The number of nitrogens with one attached hydrogen (secondary N) is 1. The molecule has 4 bridgehead atoms. The van der Waals surface area contributed by atoms with Crippen LogP contribution >= 0.6 is 0 Å². The summed E-state index contributed by atoms with van der Waals surface area (Å²) in [5, 5.41) is 23.2. The summed E-state index contributed by atoms with van der Waals surface area (Å²) in [5.74, 6) is 1.79. The zero-order chi connectivity index (χ0) is 19.3. The van der Waals surface area contributed by atoms with Crippen LogP contribution in [0.15, 0.2) is 18.3 Å². The molecule has 5 aliphatic rings. The maximum Gasteiger partial charge on any atom is 0.410 e. The second-order valence-electron chi connectivity index (χ2n) is 9.13. The van der Waals surface area contributed by atoms with Gasteiger partial charge >= 0.3 is 6.09 Å². The van der Waals surface area contributed by atoms with Gasteiger partial charge in [0.25, 0.3) is 0 Å². The molecule has 4 aliphatic carbocycles. The van der Waals surface area contributed by atoms with Crippen LogP contribution in [0, 0.1) is 29.1 Å². The van der Waals surface area contributed by atoms with Gasteiger partial charge in [0.1, 0.15) is 18.0 Å². The number of carbonyl (C=O) groups is 1. The van der Waals surface area contributed by atoms with Crippen molar-refractivity contribution in [2.24, 2.45) is 17.8 Å². The highest BCUT2D eigenvalue weighted by atomic mass is 16.6. The third-order valence-electron chi connectivity index (χ3n) is 7.11. The van der Waals surface area contributed by atoms with Crippen LogP contribution in [0.4, 0.5) is 10.6 Å². The fourth-order valence-electron chi connectivity index (χ4n) is 6.17. The van der Waals surface area contributed by atoms with Crippen molar-refractivity contribution in [3.63, 3.8) is 0 Å². The summed E-state index contributed by atoms with van der Waals surface area (Å²) in [5.41, 5.74) is -0.00140. The summed E-state index contributed by atoms with van der Waals surface area (Å²) in [6.45, 7) is 1.19. The SMILES string of the molecule is N#Cc1cccnc1N[C@@H]1CCN(C(=O)O[C@H]2C3CC4CC2C[C@](O)(C4)C3)C1. The number of ether oxygens (including phenoxy) is 1. The lowest BCUT2D eigenvalue weighted by Crippen LogP contribution is -2.58. The summed E-state index contributed by atoms with van der Waals surface area (Å²) in [6, 6.07) is 5.68. The number of nitrogens with zero attached hydrogens (tertiary/aromatic N) is 3. The van der Waals surface area contributed by atoms with Crippen molar-refractivity contribution in [3.05, 3.63) is 23.9 Å². The van der Waals surface area contributed by atoms with Gasteiger partial charge in [-0.1, -0.05) is 0 Å². The topological polar surface area (TPSA) is 98.5 Å². The number of rotatable bonds is 3. The standard InChI is InChI=1S/C21H26N4O3/c22-11-14-2-1-4-23-19(14)24-17-3-5-25(12-17)20(26)28-18-15-6-13-7-16(18)10-21(27,8-13)9-15/h1-2,4,13,15-18,27H,3,5-10,12H2,(H,23,24)/t13?,15?,16?,17-,18-,21-/m1/s1. The highest BCUT2D eigenvalue weighted by Gasteiger charge is 2.56. The summed E-state index contributed by atoms with van der Waals surface area (Å²) in [6.07, 6.45) is 6.82. The summed E-state index contributed by atoms with van der Waals surface area (Å²) in [7, 11) is 0. The monoisotopic (exact) mass is 382 g/mol. The molecule has 1 aromatic heterocycles. The van der Waals surface area contributed by atoms with E-state index in [4.69, 9.17) is 4.74 Å². The fourth-order valence-corrected chi connectivity index (χ4v) is 6.17. The van der Waals surface area contributed by atoms with E-state index in [1.807, 2.05) is 0 Å². The van der Waals surface area contributed by atoms with E-state index in [1.165, 1.54) is 0 Å². The van der Waals surface area contributed by atoms with Gasteiger partial charge in [0.2, 0.25) is 0 Å². The number of amides is 1. The number of aromatic nitrogens is 1. The van der Waals surface area contributed by atoms with Gasteiger partial charge in [-0.2, -0.15) is 5.26 Å². The Labute approximate surface area is 164 Å². The molecule has 0 radical (unpaired) electrons. The number of aliphatic hydroxyl groups is 1. The molecular formula is C21H26N4O3. The Morgan fingerprint density at radius 2 is 2.14 bits per heavy atom. The van der Waals surface area contributed by atoms with Crippen LogP contribution < -0.4 is 5.32 Å². The van der Waals surface area contributed by atoms with Crippen LogP contribution in [0.2, 0.25) is 0 Å². The van der Waals surface area contributed by atoms with Crippen LogP contribution in [0.5, 0.6) is 0 Å². The van der Waals surface area contributed by atoms with E-state index in [9.17, 15) is 15.2 Å². The van der Waals surface area contributed by atoms with Crippen molar-refractivity contribution in [2.45, 2.75) is 56.3 Å². The first-order valence-corrected chi connectivity index (χ1v) is 10.3. The van der Waals surface area contributed by atoms with Gasteiger partial charge < -0.3 is 20.1 Å². The average Bonchev–Trinajstić information content (AvgIpc) is 3.12. The molecule has 7 heteroatoms. The maximum absolute atomic E-state index is 12.8. The molecule has 5 fully saturated rings. The lowest BCUT2D eigenvalue weighted by Gasteiger charge is -2.57. The van der Waals surface area contributed by atoms with Crippen molar-refractivity contribution in [1.29, 1.82) is 5.26 Å². The van der Waals surface area contributed by atoms with E-state index in [0.717, 1.165) is 38.5 Å². The third-order valence-corrected chi connectivity index (χ3v) is 7.11. The minimum atomic E-state index is -0.511. The molecule has 7 nitrogen and oxygen atoms in total. The van der Waals surface area contributed by atoms with Crippen molar-refractivity contribution < 1.29 is 14.6 Å². The molecule has 148 valence electrons. The molecule has 28 heavy (non-hydrogen) atoms. The molecule has 2 unspecified atom stereocenters. The van der Waals surface area contributed by atoms with Gasteiger partial charge in [-0.15, -0.1) is 0 Å². The molecule has 6 rings (SSSR count).